The van der Waals surface area contributed by atoms with Gasteiger partial charge in [0.25, 0.3) is 6.23 Å². The monoisotopic (exact) mass is 334 g/mol. The molecule has 0 saturated heterocycles. The predicted molar refractivity (Wildman–Crippen MR) is 81.6 cm³/mol. The molecule has 0 amide bonds. The lowest BCUT2D eigenvalue weighted by Gasteiger charge is -2.21. The van der Waals surface area contributed by atoms with Gasteiger partial charge < -0.3 is 4.74 Å². The van der Waals surface area contributed by atoms with Gasteiger partial charge in [0.2, 0.25) is 5.78 Å². The lowest BCUT2D eigenvalue weighted by molar-refractivity contribution is -0.127. The van der Waals surface area contributed by atoms with Crippen molar-refractivity contribution >= 4 is 29.0 Å². The number of ether oxygens (including phenoxy) is 1. The topological polar surface area (TPSA) is 57.0 Å². The Balaban J connectivity index is 1.87. The number of nitrogens with zero attached hydrogens (tertiary/aromatic N) is 3. The summed E-state index contributed by atoms with van der Waals surface area (Å²) in [4.78, 5) is 16.5. The average Bonchev–Trinajstić information content (AvgIpc) is 3.19. The number of ketones is 1. The van der Waals surface area contributed by atoms with E-state index in [1.807, 2.05) is 0 Å². The maximum absolute atomic E-state index is 12.6. The van der Waals surface area contributed by atoms with Crippen molar-refractivity contribution in [3.63, 3.8) is 0 Å². The first-order valence-corrected chi connectivity index (χ1v) is 7.12. The first kappa shape index (κ1) is 15.3. The van der Waals surface area contributed by atoms with Crippen molar-refractivity contribution in [2.75, 3.05) is 0 Å². The van der Waals surface area contributed by atoms with Crippen LogP contribution in [0.2, 0.25) is 10.0 Å². The molecule has 2 aromatic rings. The Labute approximate surface area is 138 Å². The minimum Gasteiger partial charge on any atom is -0.460 e. The second-order valence-corrected chi connectivity index (χ2v) is 5.30. The van der Waals surface area contributed by atoms with Crippen LogP contribution in [0, 0.1) is 31.6 Å². The summed E-state index contributed by atoms with van der Waals surface area (Å²) in [5.41, 5.74) is 0. The van der Waals surface area contributed by atoms with E-state index >= 15 is 0 Å². The van der Waals surface area contributed by atoms with Crippen LogP contribution in [0.1, 0.15) is 6.23 Å². The van der Waals surface area contributed by atoms with E-state index < -0.39 is 6.23 Å². The van der Waals surface area contributed by atoms with Gasteiger partial charge in [-0.15, -0.1) is 0 Å². The minimum absolute atomic E-state index is 0.249. The van der Waals surface area contributed by atoms with Gasteiger partial charge in [-0.1, -0.05) is 23.2 Å². The molecule has 1 aliphatic rings. The number of halogens is 2. The molecule has 0 bridgehead atoms. The summed E-state index contributed by atoms with van der Waals surface area (Å²) < 4.78 is 7.08. The Morgan fingerprint density at radius 3 is 2.64 bits per heavy atom. The molecule has 7 heteroatoms. The van der Waals surface area contributed by atoms with Crippen LogP contribution in [0.4, 0.5) is 0 Å². The molecule has 0 spiro atoms. The van der Waals surface area contributed by atoms with E-state index in [-0.39, 0.29) is 5.78 Å². The van der Waals surface area contributed by atoms with Crippen LogP contribution in [0.3, 0.4) is 0 Å². The predicted octanol–water partition coefficient (Wildman–Crippen LogP) is 3.14. The summed E-state index contributed by atoms with van der Waals surface area (Å²) in [6.07, 6.45) is 8.72. The van der Waals surface area contributed by atoms with Crippen molar-refractivity contribution in [2.24, 2.45) is 0 Å². The standard InChI is InChI=1S/C15H10Cl2N3O2/c16-11-5-6-13(12(17)7-11)22-15(20-9-18-8-19-20)14(21)10-3-1-2-4-10/h1-9,15H. The molecule has 1 aliphatic carbocycles. The molecule has 1 aromatic carbocycles. The fraction of sp³-hybridized carbons (Fsp3) is 0.0667. The molecule has 1 atom stereocenters. The highest BCUT2D eigenvalue weighted by molar-refractivity contribution is 6.35. The van der Waals surface area contributed by atoms with Gasteiger partial charge in [0, 0.05) is 5.02 Å². The Kier molecular flexibility index (Phi) is 4.64. The fourth-order valence-corrected chi connectivity index (χ4v) is 2.39. The lowest BCUT2D eigenvalue weighted by Crippen LogP contribution is -2.29. The summed E-state index contributed by atoms with van der Waals surface area (Å²) in [5, 5.41) is 4.78. The lowest BCUT2D eigenvalue weighted by atomic mass is 10.0. The third kappa shape index (κ3) is 3.25. The van der Waals surface area contributed by atoms with E-state index in [9.17, 15) is 4.79 Å². The zero-order valence-electron chi connectivity index (χ0n) is 11.2. The summed E-state index contributed by atoms with van der Waals surface area (Å²) in [6.45, 7) is 0. The van der Waals surface area contributed by atoms with E-state index in [2.05, 4.69) is 10.1 Å². The molecule has 1 fully saturated rings. The van der Waals surface area contributed by atoms with Gasteiger partial charge in [0.15, 0.2) is 0 Å². The highest BCUT2D eigenvalue weighted by Gasteiger charge is 2.34. The molecule has 0 N–H and O–H groups in total. The first-order valence-electron chi connectivity index (χ1n) is 6.37. The van der Waals surface area contributed by atoms with Crippen LogP contribution in [0.25, 0.3) is 0 Å². The smallest absolute Gasteiger partial charge is 0.252 e. The molecule has 3 rings (SSSR count). The Bertz CT molecular complexity index is 655. The number of hydrogen-bond acceptors (Lipinski definition) is 4. The maximum Gasteiger partial charge on any atom is 0.252 e. The minimum atomic E-state index is -0.997. The second-order valence-electron chi connectivity index (χ2n) is 4.46. The summed E-state index contributed by atoms with van der Waals surface area (Å²) in [5.74, 6) is 0.610. The zero-order chi connectivity index (χ0) is 15.5. The van der Waals surface area contributed by atoms with Gasteiger partial charge in [-0.25, -0.2) is 9.67 Å². The van der Waals surface area contributed by atoms with Gasteiger partial charge in [-0.2, -0.15) is 5.10 Å². The maximum atomic E-state index is 12.6. The summed E-state index contributed by atoms with van der Waals surface area (Å²) in [6, 6.07) is 4.78. The zero-order valence-corrected chi connectivity index (χ0v) is 12.7. The van der Waals surface area contributed by atoms with E-state index in [1.54, 1.807) is 43.9 Å². The van der Waals surface area contributed by atoms with E-state index in [0.717, 1.165) is 0 Å². The normalized spacial score (nSPS) is 16.6. The van der Waals surface area contributed by atoms with Crippen LogP contribution < -0.4 is 4.74 Å². The summed E-state index contributed by atoms with van der Waals surface area (Å²) >= 11 is 12.0. The SMILES string of the molecule is O=C([C]1[CH][CH][CH][CH]1)C(Oc1ccc(Cl)cc1Cl)n1cncn1. The van der Waals surface area contributed by atoms with Crippen molar-refractivity contribution in [3.05, 3.63) is 72.5 Å². The molecular weight excluding hydrogens is 325 g/mol. The second kappa shape index (κ2) is 6.67. The number of rotatable bonds is 5. The molecule has 1 unspecified atom stereocenters. The third-order valence-electron chi connectivity index (χ3n) is 2.98. The molecule has 22 heavy (non-hydrogen) atoms. The van der Waals surface area contributed by atoms with Crippen LogP contribution in [0.5, 0.6) is 5.75 Å². The number of benzene rings is 1. The first-order chi connectivity index (χ1) is 10.6. The third-order valence-corrected chi connectivity index (χ3v) is 3.51. The molecule has 1 saturated carbocycles. The molecule has 5 nitrogen and oxygen atoms in total. The van der Waals surface area contributed by atoms with Crippen LogP contribution in [-0.4, -0.2) is 20.5 Å². The number of carbonyl (C=O) groups is 1. The average molecular weight is 335 g/mol. The van der Waals surface area contributed by atoms with E-state index in [4.69, 9.17) is 27.9 Å². The largest absolute Gasteiger partial charge is 0.460 e. The van der Waals surface area contributed by atoms with Crippen molar-refractivity contribution < 1.29 is 9.53 Å². The Morgan fingerprint density at radius 1 is 1.23 bits per heavy atom. The van der Waals surface area contributed by atoms with Gasteiger partial charge in [-0.05, 0) is 43.9 Å². The summed E-state index contributed by atoms with van der Waals surface area (Å²) in [7, 11) is 0. The fourth-order valence-electron chi connectivity index (χ4n) is 1.94. The van der Waals surface area contributed by atoms with Crippen LogP contribution in [0.15, 0.2) is 30.9 Å². The Hall–Kier alpha value is -1.59. The van der Waals surface area contributed by atoms with Crippen molar-refractivity contribution in [1.29, 1.82) is 0 Å². The molecule has 5 radical (unpaired) electrons. The number of Topliss-reactive ketones (excluding diaryl/α,β-unsaturated/α-hetero) is 1. The van der Waals surface area contributed by atoms with Gasteiger partial charge in [0.1, 0.15) is 18.4 Å². The highest BCUT2D eigenvalue weighted by Crippen LogP contribution is 2.33. The van der Waals surface area contributed by atoms with Gasteiger partial charge in [-0.3, -0.25) is 4.79 Å². The van der Waals surface area contributed by atoms with Crippen molar-refractivity contribution in [1.82, 2.24) is 14.8 Å². The van der Waals surface area contributed by atoms with Crippen LogP contribution >= 0.6 is 23.2 Å². The number of carbonyl (C=O) groups excluding carboxylic acids is 1. The highest BCUT2D eigenvalue weighted by atomic mass is 35.5. The van der Waals surface area contributed by atoms with Gasteiger partial charge >= 0.3 is 0 Å². The van der Waals surface area contributed by atoms with Gasteiger partial charge in [0.05, 0.1) is 10.9 Å². The van der Waals surface area contributed by atoms with E-state index in [0.29, 0.717) is 21.7 Å². The molecule has 0 aliphatic heterocycles. The molecular formula is C15H10Cl2N3O2. The molecule has 1 heterocycles. The van der Waals surface area contributed by atoms with Crippen LogP contribution in [-0.2, 0) is 4.79 Å². The molecule has 111 valence electrons. The van der Waals surface area contributed by atoms with Crippen molar-refractivity contribution in [3.8, 4) is 5.75 Å². The van der Waals surface area contributed by atoms with Crippen molar-refractivity contribution in [2.45, 2.75) is 6.23 Å². The number of aromatic nitrogens is 3. The van der Waals surface area contributed by atoms with E-state index in [1.165, 1.54) is 17.3 Å². The Morgan fingerprint density at radius 2 is 2.00 bits per heavy atom. The number of hydrogen-bond donors (Lipinski definition) is 0. The molecule has 1 aromatic heterocycles. The quantitative estimate of drug-likeness (QED) is 0.842.